The Hall–Kier alpha value is -2.94. The molecule has 0 aliphatic carbocycles. The van der Waals surface area contributed by atoms with Gasteiger partial charge in [0.1, 0.15) is 17.2 Å². The predicted molar refractivity (Wildman–Crippen MR) is 148 cm³/mol. The lowest BCUT2D eigenvalue weighted by Crippen LogP contribution is -2.52. The normalized spacial score (nSPS) is 13.3. The van der Waals surface area contributed by atoms with Gasteiger partial charge in [0.25, 0.3) is 0 Å². The van der Waals surface area contributed by atoms with Crippen LogP contribution < -0.4 is 16.0 Å². The van der Waals surface area contributed by atoms with Crippen molar-refractivity contribution in [2.75, 3.05) is 6.54 Å². The van der Waals surface area contributed by atoms with Crippen molar-refractivity contribution in [1.29, 1.82) is 0 Å². The van der Waals surface area contributed by atoms with Gasteiger partial charge in [-0.1, -0.05) is 29.8 Å². The second kappa shape index (κ2) is 15.5. The van der Waals surface area contributed by atoms with Crippen LogP contribution in [0.3, 0.4) is 0 Å². The number of nitrogens with one attached hydrogen (secondary N) is 3. The molecule has 0 aliphatic heterocycles. The number of carbonyl (C=O) groups is 4. The first kappa shape index (κ1) is 33.1. The van der Waals surface area contributed by atoms with E-state index in [0.29, 0.717) is 12.8 Å². The molecule has 2 atom stereocenters. The van der Waals surface area contributed by atoms with E-state index in [9.17, 15) is 19.2 Å². The summed E-state index contributed by atoms with van der Waals surface area (Å²) in [5.74, 6) is -1.28. The zero-order chi connectivity index (χ0) is 28.9. The second-order valence-electron chi connectivity index (χ2n) is 11.7. The lowest BCUT2D eigenvalue weighted by Gasteiger charge is -2.25. The largest absolute Gasteiger partial charge is 0.460 e. The Labute approximate surface area is 227 Å². The molecule has 0 radical (unpaired) electrons. The van der Waals surface area contributed by atoms with Gasteiger partial charge in [0.2, 0.25) is 0 Å². The van der Waals surface area contributed by atoms with E-state index < -0.39 is 41.3 Å². The van der Waals surface area contributed by atoms with E-state index >= 15 is 0 Å². The number of hydrogen-bond acceptors (Lipinski definition) is 7. The molecule has 1 aromatic rings. The molecule has 2 amide bonds. The molecule has 3 N–H and O–H groups in total. The van der Waals surface area contributed by atoms with Crippen LogP contribution in [0.5, 0.6) is 0 Å². The molecule has 0 unspecified atom stereocenters. The van der Waals surface area contributed by atoms with Crippen molar-refractivity contribution >= 4 is 23.8 Å². The first-order valence-corrected chi connectivity index (χ1v) is 13.3. The molecule has 0 saturated carbocycles. The molecule has 214 valence electrons. The van der Waals surface area contributed by atoms with Crippen LogP contribution in [0.2, 0.25) is 0 Å². The Kier molecular flexibility index (Phi) is 13.5. The number of unbranched alkanes of at least 4 members (excludes halogenated alkanes) is 1. The van der Waals surface area contributed by atoms with Gasteiger partial charge in [0, 0.05) is 13.0 Å². The van der Waals surface area contributed by atoms with Crippen molar-refractivity contribution in [1.82, 2.24) is 16.0 Å². The van der Waals surface area contributed by atoms with Crippen LogP contribution in [0, 0.1) is 6.92 Å². The van der Waals surface area contributed by atoms with E-state index in [1.807, 2.05) is 0 Å². The molecule has 0 spiro atoms. The van der Waals surface area contributed by atoms with Gasteiger partial charge in [-0.25, -0.2) is 9.59 Å². The fourth-order valence-electron chi connectivity index (χ4n) is 3.55. The Morgan fingerprint density at radius 2 is 1.39 bits per heavy atom. The van der Waals surface area contributed by atoms with E-state index in [1.54, 1.807) is 41.5 Å². The Morgan fingerprint density at radius 1 is 0.816 bits per heavy atom. The molecular formula is C29H47N3O6. The van der Waals surface area contributed by atoms with Crippen molar-refractivity contribution in [3.8, 4) is 0 Å². The minimum atomic E-state index is -0.882. The zero-order valence-electron chi connectivity index (χ0n) is 24.4. The highest BCUT2D eigenvalue weighted by Gasteiger charge is 2.28. The van der Waals surface area contributed by atoms with Crippen LogP contribution in [-0.2, 0) is 30.4 Å². The predicted octanol–water partition coefficient (Wildman–Crippen LogP) is 4.34. The van der Waals surface area contributed by atoms with Gasteiger partial charge in [0.15, 0.2) is 5.78 Å². The molecular weight excluding hydrogens is 486 g/mol. The van der Waals surface area contributed by atoms with Crippen LogP contribution >= 0.6 is 0 Å². The number of aryl methyl sites for hydroxylation is 1. The summed E-state index contributed by atoms with van der Waals surface area (Å²) in [4.78, 5) is 49.6. The molecule has 0 fully saturated rings. The summed E-state index contributed by atoms with van der Waals surface area (Å²) in [6.07, 6.45) is 1.95. The van der Waals surface area contributed by atoms with Crippen LogP contribution in [0.1, 0.15) is 91.7 Å². The summed E-state index contributed by atoms with van der Waals surface area (Å²) in [6.45, 7) is 15.5. The van der Waals surface area contributed by atoms with Gasteiger partial charge >= 0.3 is 18.0 Å². The molecule has 1 rings (SSSR count). The number of rotatable bonds is 14. The molecule has 38 heavy (non-hydrogen) atoms. The average molecular weight is 534 g/mol. The highest BCUT2D eigenvalue weighted by molar-refractivity contribution is 5.89. The molecule has 0 aromatic heterocycles. The van der Waals surface area contributed by atoms with Gasteiger partial charge in [-0.2, -0.15) is 0 Å². The van der Waals surface area contributed by atoms with E-state index in [-0.39, 0.29) is 18.6 Å². The number of amides is 2. The second-order valence-corrected chi connectivity index (χ2v) is 11.7. The number of carbonyl (C=O) groups excluding carboxylic acids is 4. The van der Waals surface area contributed by atoms with Crippen molar-refractivity contribution < 1.29 is 28.7 Å². The maximum atomic E-state index is 12.8. The number of esters is 2. The van der Waals surface area contributed by atoms with Crippen LogP contribution in [-0.4, -0.2) is 53.6 Å². The Bertz CT molecular complexity index is 916. The molecule has 0 bridgehead atoms. The van der Waals surface area contributed by atoms with E-state index in [2.05, 4.69) is 47.1 Å². The van der Waals surface area contributed by atoms with Crippen molar-refractivity contribution in [2.45, 2.75) is 117 Å². The van der Waals surface area contributed by atoms with E-state index in [0.717, 1.165) is 19.5 Å². The highest BCUT2D eigenvalue weighted by Crippen LogP contribution is 2.13. The summed E-state index contributed by atoms with van der Waals surface area (Å²) >= 11 is 0. The number of Topliss-reactive ketones (excluding diaryl/α,β-unsaturated/α-hetero) is 1. The first-order chi connectivity index (χ1) is 17.6. The quantitative estimate of drug-likeness (QED) is 0.240. The number of ketones is 1. The number of urea groups is 1. The number of ether oxygens (including phenoxy) is 2. The molecule has 0 saturated heterocycles. The lowest BCUT2D eigenvalue weighted by molar-refractivity contribution is -0.157. The third-order valence-electron chi connectivity index (χ3n) is 5.40. The molecule has 9 heteroatoms. The van der Waals surface area contributed by atoms with Crippen LogP contribution in [0.25, 0.3) is 0 Å². The summed E-state index contributed by atoms with van der Waals surface area (Å²) in [5.41, 5.74) is 1.08. The highest BCUT2D eigenvalue weighted by atomic mass is 16.6. The van der Waals surface area contributed by atoms with Gasteiger partial charge in [-0.3, -0.25) is 9.59 Å². The summed E-state index contributed by atoms with van der Waals surface area (Å²) < 4.78 is 10.8. The van der Waals surface area contributed by atoms with Gasteiger partial charge in [0.05, 0.1) is 6.04 Å². The lowest BCUT2D eigenvalue weighted by atomic mass is 10.1. The minimum absolute atomic E-state index is 0.0210. The van der Waals surface area contributed by atoms with Crippen molar-refractivity contribution in [3.63, 3.8) is 0 Å². The van der Waals surface area contributed by atoms with E-state index in [1.165, 1.54) is 18.1 Å². The Balaban J connectivity index is 2.62. The van der Waals surface area contributed by atoms with E-state index in [4.69, 9.17) is 9.47 Å². The van der Waals surface area contributed by atoms with Gasteiger partial charge < -0.3 is 25.4 Å². The maximum Gasteiger partial charge on any atom is 0.329 e. The zero-order valence-corrected chi connectivity index (χ0v) is 24.4. The summed E-state index contributed by atoms with van der Waals surface area (Å²) in [7, 11) is 0. The third kappa shape index (κ3) is 15.3. The summed E-state index contributed by atoms with van der Waals surface area (Å²) in [5, 5.41) is 8.64. The molecule has 1 aromatic carbocycles. The average Bonchev–Trinajstić information content (AvgIpc) is 2.76. The Morgan fingerprint density at radius 3 is 1.95 bits per heavy atom. The molecule has 0 heterocycles. The van der Waals surface area contributed by atoms with Crippen LogP contribution in [0.4, 0.5) is 4.79 Å². The fourth-order valence-corrected chi connectivity index (χ4v) is 3.55. The number of benzene rings is 1. The summed E-state index contributed by atoms with van der Waals surface area (Å²) in [6, 6.07) is 5.91. The first-order valence-electron chi connectivity index (χ1n) is 13.3. The monoisotopic (exact) mass is 533 g/mol. The number of hydrogen-bond donors (Lipinski definition) is 3. The van der Waals surface area contributed by atoms with Gasteiger partial charge in [-0.15, -0.1) is 0 Å². The standard InChI is InChI=1S/C29H47N3O6/c1-20-12-14-22(15-13-20)19-30-18-10-9-11-24(26(35)38-29(6,7)8)32-27(36)31-23(21(2)33)16-17-25(34)37-28(3,4)5/h12-15,23-24,30H,9-11,16-19H2,1-8H3,(H2,31,32,36)/t23-,24-/m0/s1. The van der Waals surface area contributed by atoms with Crippen molar-refractivity contribution in [2.24, 2.45) is 0 Å². The molecule has 0 aliphatic rings. The van der Waals surface area contributed by atoms with Crippen molar-refractivity contribution in [3.05, 3.63) is 35.4 Å². The fraction of sp³-hybridized carbons (Fsp3) is 0.655. The maximum absolute atomic E-state index is 12.8. The smallest absolute Gasteiger partial charge is 0.329 e. The third-order valence-corrected chi connectivity index (χ3v) is 5.40. The van der Waals surface area contributed by atoms with Crippen LogP contribution in [0.15, 0.2) is 24.3 Å². The van der Waals surface area contributed by atoms with Gasteiger partial charge in [-0.05, 0) is 93.2 Å². The SMILES string of the molecule is CC(=O)[C@H](CCC(=O)OC(C)(C)C)NC(=O)N[C@@H](CCCCNCc1ccc(C)cc1)C(=O)OC(C)(C)C. The molecule has 9 nitrogen and oxygen atoms in total. The minimum Gasteiger partial charge on any atom is -0.460 e. The topological polar surface area (TPSA) is 123 Å².